The number of nitrogens with zero attached hydrogens (tertiary/aromatic N) is 2. The van der Waals surface area contributed by atoms with Gasteiger partial charge < -0.3 is 11.1 Å². The molecule has 0 fully saturated rings. The zero-order valence-electron chi connectivity index (χ0n) is 9.02. The molecule has 7 heteroatoms. The van der Waals surface area contributed by atoms with Crippen molar-refractivity contribution in [2.75, 3.05) is 11.1 Å². The molecule has 1 amide bonds. The second-order valence-corrected chi connectivity index (χ2v) is 4.72. The molecule has 0 saturated heterocycles. The van der Waals surface area contributed by atoms with Gasteiger partial charge in [0.2, 0.25) is 0 Å². The van der Waals surface area contributed by atoms with E-state index in [2.05, 4.69) is 31.2 Å². The van der Waals surface area contributed by atoms with Gasteiger partial charge in [-0.15, -0.1) is 0 Å². The summed E-state index contributed by atoms with van der Waals surface area (Å²) in [4.78, 5) is 19.7. The third-order valence-corrected chi connectivity index (χ3v) is 2.71. The number of carbonyl (C=O) groups excluding carboxylic acids is 1. The smallest absolute Gasteiger partial charge is 0.257 e. The van der Waals surface area contributed by atoms with Gasteiger partial charge in [0, 0.05) is 16.2 Å². The van der Waals surface area contributed by atoms with Gasteiger partial charge in [-0.25, -0.2) is 9.97 Å². The largest absolute Gasteiger partial charge is 0.384 e. The van der Waals surface area contributed by atoms with Crippen molar-refractivity contribution in [3.63, 3.8) is 0 Å². The number of nitrogens with one attached hydrogen (secondary N) is 1. The molecule has 0 aliphatic rings. The fourth-order valence-electron chi connectivity index (χ4n) is 1.29. The number of anilines is 2. The van der Waals surface area contributed by atoms with E-state index in [4.69, 9.17) is 17.3 Å². The van der Waals surface area contributed by atoms with Gasteiger partial charge in [-0.1, -0.05) is 11.6 Å². The lowest BCUT2D eigenvalue weighted by molar-refractivity contribution is 0.102. The molecule has 2 aromatic rings. The van der Waals surface area contributed by atoms with E-state index in [0.29, 0.717) is 11.4 Å². The predicted molar refractivity (Wildman–Crippen MR) is 73.5 cm³/mol. The first-order chi connectivity index (χ1) is 8.54. The molecule has 0 radical (unpaired) electrons. The maximum absolute atomic E-state index is 11.9. The standard InChI is InChI=1S/C11H8BrClN4O/c12-7-1-2-10(15-5-7)17-11(18)6-3-8(13)16-9(14)4-6/h1-5H,(H2,14,16)(H,15,17,18). The van der Waals surface area contributed by atoms with Crippen LogP contribution in [0, 0.1) is 0 Å². The van der Waals surface area contributed by atoms with Crippen molar-refractivity contribution in [3.05, 3.63) is 45.7 Å². The average Bonchev–Trinajstić information content (AvgIpc) is 2.31. The lowest BCUT2D eigenvalue weighted by Crippen LogP contribution is -2.13. The summed E-state index contributed by atoms with van der Waals surface area (Å²) in [5.41, 5.74) is 5.84. The molecule has 2 heterocycles. The Morgan fingerprint density at radius 3 is 2.78 bits per heavy atom. The van der Waals surface area contributed by atoms with Crippen molar-refractivity contribution in [3.8, 4) is 0 Å². The fourth-order valence-corrected chi connectivity index (χ4v) is 1.74. The number of nitrogen functional groups attached to an aromatic ring is 1. The van der Waals surface area contributed by atoms with E-state index in [9.17, 15) is 4.79 Å². The van der Waals surface area contributed by atoms with E-state index in [-0.39, 0.29) is 16.9 Å². The van der Waals surface area contributed by atoms with E-state index in [0.717, 1.165) is 4.47 Å². The Bertz CT molecular complexity index is 568. The quantitative estimate of drug-likeness (QED) is 0.831. The third-order valence-electron chi connectivity index (χ3n) is 2.05. The zero-order valence-corrected chi connectivity index (χ0v) is 11.4. The van der Waals surface area contributed by atoms with Crippen LogP contribution in [-0.4, -0.2) is 15.9 Å². The maximum Gasteiger partial charge on any atom is 0.257 e. The number of amides is 1. The molecule has 0 unspecified atom stereocenters. The minimum atomic E-state index is -0.346. The van der Waals surface area contributed by atoms with Crippen molar-refractivity contribution >= 4 is 45.1 Å². The van der Waals surface area contributed by atoms with Gasteiger partial charge in [-0.2, -0.15) is 0 Å². The summed E-state index contributed by atoms with van der Waals surface area (Å²) in [6, 6.07) is 6.33. The van der Waals surface area contributed by atoms with Gasteiger partial charge in [0.25, 0.3) is 5.91 Å². The highest BCUT2D eigenvalue weighted by Crippen LogP contribution is 2.15. The van der Waals surface area contributed by atoms with Crippen LogP contribution >= 0.6 is 27.5 Å². The highest BCUT2D eigenvalue weighted by molar-refractivity contribution is 9.10. The minimum absolute atomic E-state index is 0.170. The number of hydrogen-bond donors (Lipinski definition) is 2. The molecule has 5 nitrogen and oxygen atoms in total. The van der Waals surface area contributed by atoms with Gasteiger partial charge >= 0.3 is 0 Å². The molecular formula is C11H8BrClN4O. The van der Waals surface area contributed by atoms with Crippen LogP contribution in [0.15, 0.2) is 34.9 Å². The SMILES string of the molecule is Nc1cc(C(=O)Nc2ccc(Br)cn2)cc(Cl)n1. The molecule has 0 atom stereocenters. The van der Waals surface area contributed by atoms with Crippen molar-refractivity contribution in [2.24, 2.45) is 0 Å². The van der Waals surface area contributed by atoms with Crippen LogP contribution in [0.25, 0.3) is 0 Å². The van der Waals surface area contributed by atoms with Gasteiger partial charge in [0.05, 0.1) is 0 Å². The lowest BCUT2D eigenvalue weighted by Gasteiger charge is -2.05. The van der Waals surface area contributed by atoms with Crippen LogP contribution in [0.5, 0.6) is 0 Å². The predicted octanol–water partition coefficient (Wildman–Crippen LogP) is 2.73. The number of hydrogen-bond acceptors (Lipinski definition) is 4. The molecule has 0 bridgehead atoms. The molecule has 0 spiro atoms. The minimum Gasteiger partial charge on any atom is -0.384 e. The maximum atomic E-state index is 11.9. The number of halogens is 2. The van der Waals surface area contributed by atoms with Crippen LogP contribution < -0.4 is 11.1 Å². The van der Waals surface area contributed by atoms with E-state index in [1.54, 1.807) is 18.3 Å². The highest BCUT2D eigenvalue weighted by atomic mass is 79.9. The van der Waals surface area contributed by atoms with Crippen molar-refractivity contribution in [1.82, 2.24) is 9.97 Å². The molecule has 0 aromatic carbocycles. The molecular weight excluding hydrogens is 320 g/mol. The van der Waals surface area contributed by atoms with Gasteiger partial charge in [0.15, 0.2) is 0 Å². The first-order valence-corrected chi connectivity index (χ1v) is 6.07. The Labute approximate surface area is 117 Å². The number of nitrogens with two attached hydrogens (primary N) is 1. The zero-order chi connectivity index (χ0) is 13.1. The number of pyridine rings is 2. The summed E-state index contributed by atoms with van der Waals surface area (Å²) in [7, 11) is 0. The first-order valence-electron chi connectivity index (χ1n) is 4.90. The number of aromatic nitrogens is 2. The van der Waals surface area contributed by atoms with Gasteiger partial charge in [-0.05, 0) is 40.2 Å². The summed E-state index contributed by atoms with van der Waals surface area (Å²) >= 11 is 8.98. The highest BCUT2D eigenvalue weighted by Gasteiger charge is 2.09. The molecule has 0 aliphatic carbocycles. The summed E-state index contributed by atoms with van der Waals surface area (Å²) in [6.45, 7) is 0. The van der Waals surface area contributed by atoms with Crippen LogP contribution in [0.3, 0.4) is 0 Å². The molecule has 2 aromatic heterocycles. The molecule has 92 valence electrons. The monoisotopic (exact) mass is 326 g/mol. The van der Waals surface area contributed by atoms with Crippen molar-refractivity contribution < 1.29 is 4.79 Å². The average molecular weight is 328 g/mol. The van der Waals surface area contributed by atoms with Gasteiger partial charge in [-0.3, -0.25) is 4.79 Å². The number of carbonyl (C=O) groups is 1. The Morgan fingerprint density at radius 1 is 1.39 bits per heavy atom. The Kier molecular flexibility index (Phi) is 3.78. The van der Waals surface area contributed by atoms with Crippen molar-refractivity contribution in [2.45, 2.75) is 0 Å². The van der Waals surface area contributed by atoms with Crippen LogP contribution in [0.1, 0.15) is 10.4 Å². The molecule has 18 heavy (non-hydrogen) atoms. The number of rotatable bonds is 2. The van der Waals surface area contributed by atoms with Crippen LogP contribution in [-0.2, 0) is 0 Å². The van der Waals surface area contributed by atoms with E-state index < -0.39 is 0 Å². The summed E-state index contributed by atoms with van der Waals surface area (Å²) in [5, 5.41) is 2.80. The molecule has 0 saturated carbocycles. The summed E-state index contributed by atoms with van der Waals surface area (Å²) in [6.07, 6.45) is 1.59. The topological polar surface area (TPSA) is 80.9 Å². The third kappa shape index (κ3) is 3.18. The first kappa shape index (κ1) is 12.8. The van der Waals surface area contributed by atoms with E-state index in [1.807, 2.05) is 0 Å². The fraction of sp³-hybridized carbons (Fsp3) is 0. The molecule has 3 N–H and O–H groups in total. The van der Waals surface area contributed by atoms with E-state index in [1.165, 1.54) is 12.1 Å². The Balaban J connectivity index is 2.19. The second-order valence-electron chi connectivity index (χ2n) is 3.42. The summed E-state index contributed by atoms with van der Waals surface area (Å²) in [5.74, 6) is 0.284. The second kappa shape index (κ2) is 5.32. The molecule has 2 rings (SSSR count). The van der Waals surface area contributed by atoms with Crippen LogP contribution in [0.4, 0.5) is 11.6 Å². The van der Waals surface area contributed by atoms with E-state index >= 15 is 0 Å². The van der Waals surface area contributed by atoms with Crippen molar-refractivity contribution in [1.29, 1.82) is 0 Å². The van der Waals surface area contributed by atoms with Crippen LogP contribution in [0.2, 0.25) is 5.15 Å². The normalized spacial score (nSPS) is 10.1. The lowest BCUT2D eigenvalue weighted by atomic mass is 10.2. The Hall–Kier alpha value is -1.66. The summed E-state index contributed by atoms with van der Waals surface area (Å²) < 4.78 is 0.830. The Morgan fingerprint density at radius 2 is 2.17 bits per heavy atom. The van der Waals surface area contributed by atoms with Gasteiger partial charge in [0.1, 0.15) is 16.8 Å². The molecule has 0 aliphatic heterocycles.